The topological polar surface area (TPSA) is 55.4 Å². The maximum atomic E-state index is 5.56. The van der Waals surface area contributed by atoms with Gasteiger partial charge in [-0.05, 0) is 20.8 Å². The lowest BCUT2D eigenvalue weighted by atomic mass is 10.2. The second kappa shape index (κ2) is 15.7. The molecule has 7 nitrogen and oxygen atoms in total. The Morgan fingerprint density at radius 1 is 0.500 bits per heavy atom. The van der Waals surface area contributed by atoms with E-state index in [4.69, 9.17) is 28.4 Å². The minimum absolute atomic E-state index is 0.112. The van der Waals surface area contributed by atoms with Crippen molar-refractivity contribution >= 4 is 0 Å². The van der Waals surface area contributed by atoms with Gasteiger partial charge in [0, 0.05) is 0 Å². The van der Waals surface area contributed by atoms with Crippen molar-refractivity contribution < 1.29 is 32.9 Å². The van der Waals surface area contributed by atoms with Crippen LogP contribution in [0.4, 0.5) is 0 Å². The molecule has 0 amide bonds. The average Bonchev–Trinajstić information content (AvgIpc) is 2.51. The Morgan fingerprint density at radius 2 is 0.808 bits per heavy atom. The summed E-state index contributed by atoms with van der Waals surface area (Å²) in [5.74, 6) is 0. The van der Waals surface area contributed by atoms with Crippen LogP contribution in [0, 0.1) is 0 Å². The first-order chi connectivity index (χ1) is 12.2. The summed E-state index contributed by atoms with van der Waals surface area (Å²) in [6.07, 6.45) is 0. The standard InChI is InChI=1S/C19H42NO6/c1-19(2,3)26-18-17-25-16-15-24-14-13-23-12-11-22-10-9-21-8-7-20(4,5)6/h7-18H2,1-6H3/q+1. The van der Waals surface area contributed by atoms with Crippen LogP contribution >= 0.6 is 0 Å². The molecule has 0 saturated heterocycles. The molecule has 0 aromatic carbocycles. The van der Waals surface area contributed by atoms with Crippen LogP contribution in [0.2, 0.25) is 0 Å². The van der Waals surface area contributed by atoms with Crippen LogP contribution < -0.4 is 0 Å². The molecule has 0 aliphatic rings. The quantitative estimate of drug-likeness (QED) is 0.266. The molecule has 0 spiro atoms. The van der Waals surface area contributed by atoms with Crippen LogP contribution in [-0.2, 0) is 28.4 Å². The highest BCUT2D eigenvalue weighted by Crippen LogP contribution is 2.05. The van der Waals surface area contributed by atoms with E-state index in [1.807, 2.05) is 20.8 Å². The molecule has 0 rings (SSSR count). The van der Waals surface area contributed by atoms with Crippen LogP contribution in [0.5, 0.6) is 0 Å². The summed E-state index contributed by atoms with van der Waals surface area (Å²) in [4.78, 5) is 0. The Hall–Kier alpha value is -0.280. The Bertz CT molecular complexity index is 271. The van der Waals surface area contributed by atoms with E-state index in [1.165, 1.54) is 0 Å². The molecular formula is C19H42NO6+. The molecule has 0 aromatic heterocycles. The van der Waals surface area contributed by atoms with Gasteiger partial charge in [0.15, 0.2) is 0 Å². The van der Waals surface area contributed by atoms with Crippen molar-refractivity contribution in [3.63, 3.8) is 0 Å². The number of ether oxygens (including phenoxy) is 6. The van der Waals surface area contributed by atoms with E-state index in [0.717, 1.165) is 17.6 Å². The van der Waals surface area contributed by atoms with Crippen LogP contribution in [0.3, 0.4) is 0 Å². The van der Waals surface area contributed by atoms with Crippen molar-refractivity contribution in [2.24, 2.45) is 0 Å². The number of rotatable bonds is 18. The molecule has 0 saturated carbocycles. The van der Waals surface area contributed by atoms with Gasteiger partial charge in [-0.1, -0.05) is 0 Å². The molecule has 0 N–H and O–H groups in total. The third kappa shape index (κ3) is 23.7. The molecule has 7 heteroatoms. The number of hydrogen-bond acceptors (Lipinski definition) is 6. The first-order valence-corrected chi connectivity index (χ1v) is 9.54. The van der Waals surface area contributed by atoms with Crippen LogP contribution in [0.15, 0.2) is 0 Å². The summed E-state index contributed by atoms with van der Waals surface area (Å²) in [5.41, 5.74) is -0.112. The highest BCUT2D eigenvalue weighted by atomic mass is 16.6. The molecule has 0 aliphatic carbocycles. The summed E-state index contributed by atoms with van der Waals surface area (Å²) in [6.45, 7) is 13.7. The third-order valence-electron chi connectivity index (χ3n) is 3.16. The highest BCUT2D eigenvalue weighted by Gasteiger charge is 2.08. The number of nitrogens with zero attached hydrogens (tertiary/aromatic N) is 1. The number of likely N-dealkylation sites (N-methyl/N-ethyl adjacent to an activating group) is 1. The summed E-state index contributed by atoms with van der Waals surface area (Å²) in [5, 5.41) is 0. The summed E-state index contributed by atoms with van der Waals surface area (Å²) >= 11 is 0. The van der Waals surface area contributed by atoms with Gasteiger partial charge in [0.25, 0.3) is 0 Å². The van der Waals surface area contributed by atoms with E-state index in [0.29, 0.717) is 66.1 Å². The number of quaternary nitrogens is 1. The summed E-state index contributed by atoms with van der Waals surface area (Å²) < 4.78 is 33.7. The fraction of sp³-hybridized carbons (Fsp3) is 1.00. The maximum absolute atomic E-state index is 5.56. The Balaban J connectivity index is 3.07. The van der Waals surface area contributed by atoms with Crippen molar-refractivity contribution in [1.82, 2.24) is 0 Å². The van der Waals surface area contributed by atoms with Gasteiger partial charge in [-0.3, -0.25) is 0 Å². The fourth-order valence-corrected chi connectivity index (χ4v) is 1.73. The van der Waals surface area contributed by atoms with E-state index < -0.39 is 0 Å². The molecule has 0 fully saturated rings. The molecule has 0 aliphatic heterocycles. The van der Waals surface area contributed by atoms with Crippen molar-refractivity contribution in [3.05, 3.63) is 0 Å². The molecule has 0 radical (unpaired) electrons. The van der Waals surface area contributed by atoms with Gasteiger partial charge in [0.1, 0.15) is 6.54 Å². The smallest absolute Gasteiger partial charge is 0.102 e. The van der Waals surface area contributed by atoms with Gasteiger partial charge in [-0.25, -0.2) is 0 Å². The molecule has 0 atom stereocenters. The Morgan fingerprint density at radius 3 is 1.12 bits per heavy atom. The SMILES string of the molecule is CC(C)(C)OCCOCCOCCOCCOCCOCC[N+](C)(C)C. The lowest BCUT2D eigenvalue weighted by Gasteiger charge is -2.23. The van der Waals surface area contributed by atoms with Gasteiger partial charge in [0.05, 0.1) is 99.4 Å². The first-order valence-electron chi connectivity index (χ1n) is 9.54. The summed E-state index contributed by atoms with van der Waals surface area (Å²) in [6, 6.07) is 0. The van der Waals surface area contributed by atoms with Crippen molar-refractivity contribution in [2.75, 3.05) is 100 Å². The molecule has 0 unspecified atom stereocenters. The Labute approximate surface area is 160 Å². The van der Waals surface area contributed by atoms with Crippen LogP contribution in [-0.4, -0.2) is 110 Å². The molecule has 0 aromatic rings. The normalized spacial score (nSPS) is 12.7. The molecular weight excluding hydrogens is 338 g/mol. The molecule has 158 valence electrons. The van der Waals surface area contributed by atoms with E-state index >= 15 is 0 Å². The summed E-state index contributed by atoms with van der Waals surface area (Å²) in [7, 11) is 6.45. The van der Waals surface area contributed by atoms with Crippen LogP contribution in [0.1, 0.15) is 20.8 Å². The minimum atomic E-state index is -0.112. The molecule has 0 heterocycles. The molecule has 0 bridgehead atoms. The van der Waals surface area contributed by atoms with Crippen molar-refractivity contribution in [3.8, 4) is 0 Å². The molecule has 26 heavy (non-hydrogen) atoms. The predicted molar refractivity (Wildman–Crippen MR) is 103 cm³/mol. The van der Waals surface area contributed by atoms with Crippen LogP contribution in [0.25, 0.3) is 0 Å². The van der Waals surface area contributed by atoms with Gasteiger partial charge < -0.3 is 32.9 Å². The monoisotopic (exact) mass is 380 g/mol. The van der Waals surface area contributed by atoms with Gasteiger partial charge in [0.2, 0.25) is 0 Å². The second-order valence-electron chi connectivity index (χ2n) is 8.04. The third-order valence-corrected chi connectivity index (χ3v) is 3.16. The minimum Gasteiger partial charge on any atom is -0.377 e. The van der Waals surface area contributed by atoms with Crippen molar-refractivity contribution in [2.45, 2.75) is 26.4 Å². The zero-order chi connectivity index (χ0) is 19.7. The van der Waals surface area contributed by atoms with Gasteiger partial charge in [-0.2, -0.15) is 0 Å². The average molecular weight is 381 g/mol. The highest BCUT2D eigenvalue weighted by molar-refractivity contribution is 4.57. The van der Waals surface area contributed by atoms with Gasteiger partial charge in [-0.15, -0.1) is 0 Å². The predicted octanol–water partition coefficient (Wildman–Crippen LogP) is 1.59. The maximum Gasteiger partial charge on any atom is 0.102 e. The van der Waals surface area contributed by atoms with E-state index in [9.17, 15) is 0 Å². The lowest BCUT2D eigenvalue weighted by molar-refractivity contribution is -0.870. The zero-order valence-corrected chi connectivity index (χ0v) is 17.9. The van der Waals surface area contributed by atoms with E-state index in [-0.39, 0.29) is 5.60 Å². The fourth-order valence-electron chi connectivity index (χ4n) is 1.73. The van der Waals surface area contributed by atoms with Crippen molar-refractivity contribution in [1.29, 1.82) is 0 Å². The zero-order valence-electron chi connectivity index (χ0n) is 17.9. The van der Waals surface area contributed by atoms with E-state index in [2.05, 4.69) is 21.1 Å². The first kappa shape index (κ1) is 25.7. The number of hydrogen-bond donors (Lipinski definition) is 0. The largest absolute Gasteiger partial charge is 0.377 e. The Kier molecular flexibility index (Phi) is 15.6. The van der Waals surface area contributed by atoms with E-state index in [1.54, 1.807) is 0 Å². The van der Waals surface area contributed by atoms with Gasteiger partial charge >= 0.3 is 0 Å². The second-order valence-corrected chi connectivity index (χ2v) is 8.04. The lowest BCUT2D eigenvalue weighted by Crippen LogP contribution is -2.37.